The first-order valence-corrected chi connectivity index (χ1v) is 7.43. The van der Waals surface area contributed by atoms with Crippen LogP contribution in [0, 0.1) is 5.92 Å². The number of carbonyl (C=O) groups is 1. The van der Waals surface area contributed by atoms with Crippen molar-refractivity contribution in [3.8, 4) is 0 Å². The minimum Gasteiger partial charge on any atom is -0.399 e. The molecule has 0 unspecified atom stereocenters. The van der Waals surface area contributed by atoms with Gasteiger partial charge in [0.05, 0.1) is 0 Å². The summed E-state index contributed by atoms with van der Waals surface area (Å²) in [6.07, 6.45) is 4.51. The predicted octanol–water partition coefficient (Wildman–Crippen LogP) is 2.56. The van der Waals surface area contributed by atoms with Gasteiger partial charge >= 0.3 is 0 Å². The number of amides is 1. The Hall–Kier alpha value is -1.26. The standard InChI is InChI=1S/C16H24N2O2.ClH/c17-15-4-2-1-3-14(15)5-6-16(19)18-10-7-13-8-11-20-12-9-13;/h1-4,13H,5-12,17H2,(H,18,19);1H. The van der Waals surface area contributed by atoms with Gasteiger partial charge in [-0.2, -0.15) is 0 Å². The molecule has 1 aromatic rings. The van der Waals surface area contributed by atoms with Gasteiger partial charge in [0.1, 0.15) is 0 Å². The number of benzene rings is 1. The number of hydrogen-bond acceptors (Lipinski definition) is 3. The second-order valence-corrected chi connectivity index (χ2v) is 5.39. The fourth-order valence-corrected chi connectivity index (χ4v) is 2.55. The van der Waals surface area contributed by atoms with E-state index in [1.165, 1.54) is 0 Å². The molecule has 3 N–H and O–H groups in total. The summed E-state index contributed by atoms with van der Waals surface area (Å²) >= 11 is 0. The average Bonchev–Trinajstić information content (AvgIpc) is 2.47. The van der Waals surface area contributed by atoms with Gasteiger partial charge in [0.15, 0.2) is 0 Å². The van der Waals surface area contributed by atoms with Gasteiger partial charge in [-0.05, 0) is 43.2 Å². The van der Waals surface area contributed by atoms with Crippen molar-refractivity contribution in [2.75, 3.05) is 25.5 Å². The van der Waals surface area contributed by atoms with E-state index in [0.717, 1.165) is 50.3 Å². The van der Waals surface area contributed by atoms with Crippen LogP contribution in [-0.2, 0) is 16.0 Å². The largest absolute Gasteiger partial charge is 0.399 e. The number of aryl methyl sites for hydroxylation is 1. The van der Waals surface area contributed by atoms with Gasteiger partial charge in [-0.1, -0.05) is 18.2 Å². The Morgan fingerprint density at radius 2 is 2.00 bits per heavy atom. The quantitative estimate of drug-likeness (QED) is 0.793. The lowest BCUT2D eigenvalue weighted by Gasteiger charge is -2.21. The van der Waals surface area contributed by atoms with Gasteiger partial charge in [-0.3, -0.25) is 4.79 Å². The lowest BCUT2D eigenvalue weighted by Crippen LogP contribution is -2.27. The van der Waals surface area contributed by atoms with Crippen LogP contribution in [0.2, 0.25) is 0 Å². The molecule has 0 atom stereocenters. The zero-order valence-electron chi connectivity index (χ0n) is 12.3. The molecule has 0 saturated carbocycles. The van der Waals surface area contributed by atoms with Crippen LogP contribution in [-0.4, -0.2) is 25.7 Å². The van der Waals surface area contributed by atoms with Crippen molar-refractivity contribution in [1.82, 2.24) is 5.32 Å². The number of hydrogen-bond donors (Lipinski definition) is 2. The Bertz CT molecular complexity index is 434. The lowest BCUT2D eigenvalue weighted by atomic mass is 9.97. The molecule has 1 aliphatic rings. The highest BCUT2D eigenvalue weighted by molar-refractivity contribution is 5.85. The topological polar surface area (TPSA) is 64.4 Å². The SMILES string of the molecule is Cl.Nc1ccccc1CCC(=O)NCCC1CCOCC1. The summed E-state index contributed by atoms with van der Waals surface area (Å²) in [6.45, 7) is 2.51. The molecule has 21 heavy (non-hydrogen) atoms. The van der Waals surface area contributed by atoms with Crippen LogP contribution in [0.4, 0.5) is 5.69 Å². The van der Waals surface area contributed by atoms with Gasteiger partial charge in [0.25, 0.3) is 0 Å². The molecule has 1 fully saturated rings. The molecule has 118 valence electrons. The molecule has 0 aliphatic carbocycles. The molecular weight excluding hydrogens is 288 g/mol. The number of nitrogen functional groups attached to an aromatic ring is 1. The van der Waals surface area contributed by atoms with Crippen molar-refractivity contribution in [2.45, 2.75) is 32.1 Å². The van der Waals surface area contributed by atoms with E-state index in [0.29, 0.717) is 18.8 Å². The van der Waals surface area contributed by atoms with Crippen LogP contribution in [0.5, 0.6) is 0 Å². The predicted molar refractivity (Wildman–Crippen MR) is 87.6 cm³/mol. The van der Waals surface area contributed by atoms with Crippen LogP contribution in [0.25, 0.3) is 0 Å². The summed E-state index contributed by atoms with van der Waals surface area (Å²) in [7, 11) is 0. The summed E-state index contributed by atoms with van der Waals surface area (Å²) in [5, 5.41) is 3.00. The highest BCUT2D eigenvalue weighted by atomic mass is 35.5. The van der Waals surface area contributed by atoms with Gasteiger partial charge in [0.2, 0.25) is 5.91 Å². The van der Waals surface area contributed by atoms with E-state index in [-0.39, 0.29) is 18.3 Å². The zero-order chi connectivity index (χ0) is 14.2. The van der Waals surface area contributed by atoms with Gasteiger partial charge < -0.3 is 15.8 Å². The molecule has 5 heteroatoms. The van der Waals surface area contributed by atoms with Crippen molar-refractivity contribution < 1.29 is 9.53 Å². The Morgan fingerprint density at radius 1 is 1.29 bits per heavy atom. The first-order chi connectivity index (χ1) is 9.75. The highest BCUT2D eigenvalue weighted by Crippen LogP contribution is 2.17. The fraction of sp³-hybridized carbons (Fsp3) is 0.562. The van der Waals surface area contributed by atoms with E-state index in [2.05, 4.69) is 5.32 Å². The molecule has 1 heterocycles. The summed E-state index contributed by atoms with van der Waals surface area (Å²) in [4.78, 5) is 11.8. The zero-order valence-corrected chi connectivity index (χ0v) is 13.2. The van der Waals surface area contributed by atoms with Crippen molar-refractivity contribution in [2.24, 2.45) is 5.92 Å². The first kappa shape index (κ1) is 17.8. The van der Waals surface area contributed by atoms with Crippen molar-refractivity contribution in [3.05, 3.63) is 29.8 Å². The first-order valence-electron chi connectivity index (χ1n) is 7.43. The number of para-hydroxylation sites is 1. The highest BCUT2D eigenvalue weighted by Gasteiger charge is 2.13. The van der Waals surface area contributed by atoms with Gasteiger partial charge in [-0.15, -0.1) is 12.4 Å². The van der Waals surface area contributed by atoms with Crippen LogP contribution in [0.3, 0.4) is 0 Å². The fourth-order valence-electron chi connectivity index (χ4n) is 2.55. The maximum absolute atomic E-state index is 11.8. The third-order valence-corrected chi connectivity index (χ3v) is 3.89. The molecule has 1 saturated heterocycles. The number of carbonyl (C=O) groups excluding carboxylic acids is 1. The summed E-state index contributed by atoms with van der Waals surface area (Å²) in [5.41, 5.74) is 7.68. The molecule has 0 bridgehead atoms. The Kier molecular flexibility index (Phi) is 8.16. The third kappa shape index (κ3) is 6.36. The second-order valence-electron chi connectivity index (χ2n) is 5.39. The monoisotopic (exact) mass is 312 g/mol. The van der Waals surface area contributed by atoms with Gasteiger partial charge in [-0.25, -0.2) is 0 Å². The minimum absolute atomic E-state index is 0. The number of nitrogens with two attached hydrogens (primary N) is 1. The summed E-state index contributed by atoms with van der Waals surface area (Å²) in [6, 6.07) is 7.71. The minimum atomic E-state index is 0. The average molecular weight is 313 g/mol. The molecule has 0 radical (unpaired) electrons. The van der Waals surface area contributed by atoms with Crippen LogP contribution in [0.15, 0.2) is 24.3 Å². The maximum atomic E-state index is 11.8. The summed E-state index contributed by atoms with van der Waals surface area (Å²) < 4.78 is 5.33. The number of ether oxygens (including phenoxy) is 1. The van der Waals surface area contributed by atoms with E-state index >= 15 is 0 Å². The Labute approximate surface area is 132 Å². The molecular formula is C16H25ClN2O2. The molecule has 1 aromatic carbocycles. The van der Waals surface area contributed by atoms with E-state index in [4.69, 9.17) is 10.5 Å². The molecule has 0 spiro atoms. The van der Waals surface area contributed by atoms with Crippen LogP contribution < -0.4 is 11.1 Å². The molecule has 1 aliphatic heterocycles. The van der Waals surface area contributed by atoms with E-state index in [1.807, 2.05) is 24.3 Å². The Balaban J connectivity index is 0.00000220. The second kappa shape index (κ2) is 9.64. The molecule has 0 aromatic heterocycles. The molecule has 4 nitrogen and oxygen atoms in total. The third-order valence-electron chi connectivity index (χ3n) is 3.89. The van der Waals surface area contributed by atoms with Crippen molar-refractivity contribution >= 4 is 24.0 Å². The van der Waals surface area contributed by atoms with Crippen molar-refractivity contribution in [3.63, 3.8) is 0 Å². The smallest absolute Gasteiger partial charge is 0.220 e. The number of rotatable bonds is 6. The van der Waals surface area contributed by atoms with Crippen LogP contribution >= 0.6 is 12.4 Å². The normalized spacial score (nSPS) is 15.2. The lowest BCUT2D eigenvalue weighted by molar-refractivity contribution is -0.121. The molecule has 1 amide bonds. The summed E-state index contributed by atoms with van der Waals surface area (Å²) in [5.74, 6) is 0.814. The Morgan fingerprint density at radius 3 is 2.71 bits per heavy atom. The van der Waals surface area contributed by atoms with E-state index < -0.39 is 0 Å². The van der Waals surface area contributed by atoms with Gasteiger partial charge in [0, 0.05) is 31.9 Å². The maximum Gasteiger partial charge on any atom is 0.220 e. The number of nitrogens with one attached hydrogen (secondary N) is 1. The molecule has 2 rings (SSSR count). The van der Waals surface area contributed by atoms with Crippen molar-refractivity contribution in [1.29, 1.82) is 0 Å². The van der Waals surface area contributed by atoms with E-state index in [1.54, 1.807) is 0 Å². The van der Waals surface area contributed by atoms with E-state index in [9.17, 15) is 4.79 Å². The number of anilines is 1. The van der Waals surface area contributed by atoms with Crippen LogP contribution in [0.1, 0.15) is 31.2 Å². The number of halogens is 1.